The first-order valence-electron chi connectivity index (χ1n) is 30.7. The Balaban J connectivity index is 3.96. The van der Waals surface area contributed by atoms with Crippen LogP contribution in [0.2, 0.25) is 0 Å². The van der Waals surface area contributed by atoms with Crippen molar-refractivity contribution in [3.05, 3.63) is 60.8 Å². The van der Waals surface area contributed by atoms with E-state index in [1.165, 1.54) is 205 Å². The van der Waals surface area contributed by atoms with Crippen molar-refractivity contribution in [2.45, 2.75) is 296 Å². The Morgan fingerprint density at radius 2 is 0.806 bits per heavy atom. The zero-order valence-corrected chi connectivity index (χ0v) is 49.1. The average molecular weight is 1030 g/mol. The molecule has 0 aromatic rings. The number of unbranched alkanes of at least 4 members (excludes halogenated alkanes) is 35. The third-order valence-corrected chi connectivity index (χ3v) is 14.7. The van der Waals surface area contributed by atoms with Gasteiger partial charge in [-0.15, -0.1) is 0 Å². The molecule has 0 saturated heterocycles. The van der Waals surface area contributed by atoms with Gasteiger partial charge < -0.3 is 19.8 Å². The average Bonchev–Trinajstić information content (AvgIpc) is 3.34. The molecule has 0 saturated carbocycles. The Morgan fingerprint density at radius 3 is 1.22 bits per heavy atom. The Kier molecular flexibility index (Phi) is 52.7. The second-order valence-electron chi connectivity index (χ2n) is 22.1. The van der Waals surface area contributed by atoms with Gasteiger partial charge in [0.15, 0.2) is 0 Å². The minimum atomic E-state index is -4.36. The fraction of sp³-hybridized carbons (Fsp3) is 0.825. The van der Waals surface area contributed by atoms with Gasteiger partial charge in [-0.25, -0.2) is 4.57 Å². The summed E-state index contributed by atoms with van der Waals surface area (Å²) in [6, 6.07) is -0.870. The first kappa shape index (κ1) is 70.2. The minimum Gasteiger partial charge on any atom is -0.387 e. The SMILES string of the molecule is CCCCC/C=C/CC/C=C/CC/C=C/C(O)C(COP(=O)(O)OCC[N+](C)(C)C)NC(=O)CCCCCCCCCCCCCCCCCCC/C=C\C/C=C\CCCCCCCCCCCCCCC. The lowest BCUT2D eigenvalue weighted by atomic mass is 10.0. The number of quaternary nitrogens is 1. The predicted molar refractivity (Wildman–Crippen MR) is 314 cm³/mol. The third-order valence-electron chi connectivity index (χ3n) is 13.7. The highest BCUT2D eigenvalue weighted by Crippen LogP contribution is 2.43. The zero-order valence-electron chi connectivity index (χ0n) is 48.2. The van der Waals surface area contributed by atoms with Crippen molar-refractivity contribution in [3.8, 4) is 0 Å². The van der Waals surface area contributed by atoms with Crippen LogP contribution in [-0.2, 0) is 18.4 Å². The standard InChI is InChI=1S/C63H119N2O6P/c1-6-8-10-12-14-16-18-20-21-22-23-24-25-26-27-28-29-30-31-32-33-34-35-36-37-38-39-40-41-42-43-45-47-49-51-53-55-57-63(67)64-61(60-71-72(68,69)70-59-58-65(3,4)5)62(66)56-54-52-50-48-46-44-19-17-15-13-11-9-7-2/h15,17,27-28,30-31,46,48,54,56,61-62,66H,6-14,16,18-26,29,32-45,47,49-53,55,57-60H2,1-5H3,(H-,64,67,68,69)/p+1/b17-15+,28-27-,31-30-,48-46+,56-54+. The van der Waals surface area contributed by atoms with E-state index in [4.69, 9.17) is 9.05 Å². The molecule has 0 fully saturated rings. The number of amides is 1. The van der Waals surface area contributed by atoms with E-state index in [1.807, 2.05) is 27.2 Å². The van der Waals surface area contributed by atoms with Gasteiger partial charge in [-0.3, -0.25) is 13.8 Å². The number of aliphatic hydroxyl groups excluding tert-OH is 1. The van der Waals surface area contributed by atoms with E-state index in [9.17, 15) is 19.4 Å². The highest BCUT2D eigenvalue weighted by Gasteiger charge is 2.27. The van der Waals surface area contributed by atoms with Crippen LogP contribution < -0.4 is 5.32 Å². The summed E-state index contributed by atoms with van der Waals surface area (Å²) in [7, 11) is 1.55. The van der Waals surface area contributed by atoms with Crippen LogP contribution in [0.5, 0.6) is 0 Å². The summed E-state index contributed by atoms with van der Waals surface area (Å²) in [4.78, 5) is 23.2. The molecule has 1 amide bonds. The number of hydrogen-bond donors (Lipinski definition) is 3. The van der Waals surface area contributed by atoms with Crippen molar-refractivity contribution in [3.63, 3.8) is 0 Å². The predicted octanol–water partition coefficient (Wildman–Crippen LogP) is 18.9. The molecule has 0 heterocycles. The summed E-state index contributed by atoms with van der Waals surface area (Å²) >= 11 is 0. The van der Waals surface area contributed by atoms with Gasteiger partial charge in [-0.1, -0.05) is 261 Å². The molecule has 8 nitrogen and oxygen atoms in total. The normalized spacial score (nSPS) is 14.3. The van der Waals surface area contributed by atoms with Gasteiger partial charge in [0.1, 0.15) is 13.2 Å². The van der Waals surface area contributed by atoms with Gasteiger partial charge in [-0.05, 0) is 77.0 Å². The molecule has 3 unspecified atom stereocenters. The lowest BCUT2D eigenvalue weighted by Crippen LogP contribution is -2.45. The molecule has 3 atom stereocenters. The number of carbonyl (C=O) groups is 1. The molecular formula is C63H120N2O6P+. The van der Waals surface area contributed by atoms with Crippen molar-refractivity contribution >= 4 is 13.7 Å². The Bertz CT molecular complexity index is 1360. The van der Waals surface area contributed by atoms with E-state index in [0.29, 0.717) is 17.4 Å². The van der Waals surface area contributed by atoms with E-state index >= 15 is 0 Å². The molecule has 0 bridgehead atoms. The number of phosphoric ester groups is 1. The summed E-state index contributed by atoms with van der Waals surface area (Å²) in [6.45, 7) is 4.77. The molecule has 0 aliphatic carbocycles. The maximum absolute atomic E-state index is 13.0. The fourth-order valence-corrected chi connectivity index (χ4v) is 9.61. The first-order valence-corrected chi connectivity index (χ1v) is 32.2. The van der Waals surface area contributed by atoms with Gasteiger partial charge in [0.05, 0.1) is 39.9 Å². The molecule has 0 aliphatic rings. The van der Waals surface area contributed by atoms with E-state index in [-0.39, 0.29) is 19.1 Å². The third kappa shape index (κ3) is 55.9. The van der Waals surface area contributed by atoms with E-state index in [2.05, 4.69) is 67.8 Å². The molecule has 9 heteroatoms. The molecule has 0 spiro atoms. The smallest absolute Gasteiger partial charge is 0.387 e. The van der Waals surface area contributed by atoms with Crippen LogP contribution in [0.3, 0.4) is 0 Å². The van der Waals surface area contributed by atoms with Crippen LogP contribution in [0.15, 0.2) is 60.8 Å². The number of phosphoric acid groups is 1. The van der Waals surface area contributed by atoms with Crippen molar-refractivity contribution < 1.29 is 32.9 Å². The molecule has 3 N–H and O–H groups in total. The molecule has 0 radical (unpaired) electrons. The fourth-order valence-electron chi connectivity index (χ4n) is 8.87. The Labute approximate surface area is 447 Å². The highest BCUT2D eigenvalue weighted by molar-refractivity contribution is 7.47. The van der Waals surface area contributed by atoms with Crippen LogP contribution in [-0.4, -0.2) is 73.4 Å². The van der Waals surface area contributed by atoms with E-state index in [0.717, 1.165) is 57.8 Å². The molecule has 0 rings (SSSR count). The number of allylic oxidation sites excluding steroid dienone is 9. The monoisotopic (exact) mass is 1030 g/mol. The van der Waals surface area contributed by atoms with Crippen LogP contribution in [0.1, 0.15) is 284 Å². The van der Waals surface area contributed by atoms with Crippen molar-refractivity contribution in [1.82, 2.24) is 5.32 Å². The van der Waals surface area contributed by atoms with Gasteiger partial charge >= 0.3 is 7.82 Å². The maximum atomic E-state index is 13.0. The Hall–Kier alpha value is -1.80. The van der Waals surface area contributed by atoms with Crippen LogP contribution in [0.4, 0.5) is 0 Å². The van der Waals surface area contributed by atoms with Crippen LogP contribution in [0, 0.1) is 0 Å². The summed E-state index contributed by atoms with van der Waals surface area (Å²) in [5.41, 5.74) is 0. The summed E-state index contributed by atoms with van der Waals surface area (Å²) in [5.74, 6) is -0.190. The first-order chi connectivity index (χ1) is 35.0. The topological polar surface area (TPSA) is 105 Å². The second-order valence-corrected chi connectivity index (χ2v) is 23.5. The van der Waals surface area contributed by atoms with Gasteiger partial charge in [0.25, 0.3) is 0 Å². The quantitative estimate of drug-likeness (QED) is 0.0243. The van der Waals surface area contributed by atoms with Crippen LogP contribution >= 0.6 is 7.82 Å². The zero-order chi connectivity index (χ0) is 52.7. The number of rotatable bonds is 56. The minimum absolute atomic E-state index is 0.0526. The number of aliphatic hydroxyl groups is 1. The molecule has 0 aromatic heterocycles. The van der Waals surface area contributed by atoms with Crippen molar-refractivity contribution in [1.29, 1.82) is 0 Å². The molecular weight excluding hydrogens is 912 g/mol. The van der Waals surface area contributed by atoms with Gasteiger partial charge in [-0.2, -0.15) is 0 Å². The summed E-state index contributed by atoms with van der Waals surface area (Å²) in [5, 5.41) is 13.9. The van der Waals surface area contributed by atoms with Crippen molar-refractivity contribution in [2.24, 2.45) is 0 Å². The lowest BCUT2D eigenvalue weighted by Gasteiger charge is -2.25. The summed E-state index contributed by atoms with van der Waals surface area (Å²) < 4.78 is 23.6. The highest BCUT2D eigenvalue weighted by atomic mass is 31.2. The van der Waals surface area contributed by atoms with Gasteiger partial charge in [0, 0.05) is 6.42 Å². The van der Waals surface area contributed by atoms with E-state index < -0.39 is 20.0 Å². The number of likely N-dealkylation sites (N-methyl/N-ethyl adjacent to an activating group) is 1. The lowest BCUT2D eigenvalue weighted by molar-refractivity contribution is -0.870. The second kappa shape index (κ2) is 54.0. The van der Waals surface area contributed by atoms with Gasteiger partial charge in [0.2, 0.25) is 5.91 Å². The summed E-state index contributed by atoms with van der Waals surface area (Å²) in [6.07, 6.45) is 73.6. The Morgan fingerprint density at radius 1 is 0.472 bits per heavy atom. The number of hydrogen-bond acceptors (Lipinski definition) is 5. The molecule has 0 aromatic carbocycles. The molecule has 0 aliphatic heterocycles. The largest absolute Gasteiger partial charge is 0.472 e. The molecule has 72 heavy (non-hydrogen) atoms. The maximum Gasteiger partial charge on any atom is 0.472 e. The molecule has 422 valence electrons. The number of nitrogens with one attached hydrogen (secondary N) is 1. The number of nitrogens with zero attached hydrogens (tertiary/aromatic N) is 1. The van der Waals surface area contributed by atoms with Crippen LogP contribution in [0.25, 0.3) is 0 Å². The van der Waals surface area contributed by atoms with Crippen molar-refractivity contribution in [2.75, 3.05) is 40.9 Å². The number of carbonyl (C=O) groups excluding carboxylic acids is 1. The van der Waals surface area contributed by atoms with E-state index in [1.54, 1.807) is 6.08 Å².